The molecule has 0 saturated carbocycles. The van der Waals surface area contributed by atoms with Crippen LogP contribution in [0.3, 0.4) is 0 Å². The van der Waals surface area contributed by atoms with Crippen molar-refractivity contribution in [1.29, 1.82) is 0 Å². The summed E-state index contributed by atoms with van der Waals surface area (Å²) in [7, 11) is 0. The van der Waals surface area contributed by atoms with E-state index in [-0.39, 0.29) is 18.4 Å². The van der Waals surface area contributed by atoms with E-state index in [4.69, 9.17) is 9.47 Å². The molecule has 164 valence electrons. The maximum atomic E-state index is 12.6. The first-order chi connectivity index (χ1) is 15.4. The Morgan fingerprint density at radius 1 is 1.00 bits per heavy atom. The third-order valence-corrected chi connectivity index (χ3v) is 5.53. The molecule has 0 unspecified atom stereocenters. The molecule has 32 heavy (non-hydrogen) atoms. The zero-order valence-corrected chi connectivity index (χ0v) is 18.5. The Morgan fingerprint density at radius 2 is 1.78 bits per heavy atom. The third-order valence-electron chi connectivity index (χ3n) is 5.53. The Morgan fingerprint density at radius 3 is 2.53 bits per heavy atom. The largest absolute Gasteiger partial charge is 0.492 e. The summed E-state index contributed by atoms with van der Waals surface area (Å²) in [5, 5.41) is 2.90. The van der Waals surface area contributed by atoms with Crippen molar-refractivity contribution >= 4 is 23.2 Å². The smallest absolute Gasteiger partial charge is 0.265 e. The van der Waals surface area contributed by atoms with E-state index in [2.05, 4.69) is 5.32 Å². The number of anilines is 2. The summed E-state index contributed by atoms with van der Waals surface area (Å²) >= 11 is 0. The van der Waals surface area contributed by atoms with Crippen LogP contribution in [0.2, 0.25) is 0 Å². The van der Waals surface area contributed by atoms with Gasteiger partial charge in [0.2, 0.25) is 0 Å². The normalized spacial score (nSPS) is 12.7. The van der Waals surface area contributed by atoms with Gasteiger partial charge in [-0.05, 0) is 68.3 Å². The molecule has 0 spiro atoms. The minimum atomic E-state index is -0.191. The van der Waals surface area contributed by atoms with E-state index in [1.165, 1.54) is 0 Å². The number of fused-ring (bicyclic) bond motifs is 1. The lowest BCUT2D eigenvalue weighted by molar-refractivity contribution is -0.121. The molecule has 0 bridgehead atoms. The Hall–Kier alpha value is -3.80. The van der Waals surface area contributed by atoms with Crippen LogP contribution in [0.4, 0.5) is 11.4 Å². The second kappa shape index (κ2) is 9.14. The minimum Gasteiger partial charge on any atom is -0.492 e. The van der Waals surface area contributed by atoms with Gasteiger partial charge in [0.1, 0.15) is 18.1 Å². The second-order valence-electron chi connectivity index (χ2n) is 7.93. The van der Waals surface area contributed by atoms with E-state index in [0.717, 1.165) is 22.4 Å². The first kappa shape index (κ1) is 21.4. The molecule has 4 rings (SSSR count). The number of hydrogen-bond acceptors (Lipinski definition) is 4. The summed E-state index contributed by atoms with van der Waals surface area (Å²) in [4.78, 5) is 26.7. The molecule has 0 radical (unpaired) electrons. The Bertz CT molecular complexity index is 1150. The Kier molecular flexibility index (Phi) is 6.12. The standard InChI is InChI=1S/C26H26N2O4/c1-17-4-9-22(10-5-17)31-13-12-28-23-11-8-21(15-24(23)32-16-25(28)29)27-26(30)20-7-6-18(2)19(3)14-20/h4-11,14-15H,12-13,16H2,1-3H3,(H,27,30). The van der Waals surface area contributed by atoms with Gasteiger partial charge in [-0.3, -0.25) is 9.59 Å². The van der Waals surface area contributed by atoms with Gasteiger partial charge in [-0.15, -0.1) is 0 Å². The monoisotopic (exact) mass is 430 g/mol. The Balaban J connectivity index is 1.44. The predicted octanol–water partition coefficient (Wildman–Crippen LogP) is 4.67. The number of amides is 2. The summed E-state index contributed by atoms with van der Waals surface area (Å²) < 4.78 is 11.4. The highest BCUT2D eigenvalue weighted by atomic mass is 16.5. The fraction of sp³-hybridized carbons (Fsp3) is 0.231. The van der Waals surface area contributed by atoms with E-state index in [0.29, 0.717) is 35.8 Å². The number of carbonyl (C=O) groups excluding carboxylic acids is 2. The summed E-state index contributed by atoms with van der Waals surface area (Å²) in [5.41, 5.74) is 5.23. The van der Waals surface area contributed by atoms with E-state index in [9.17, 15) is 9.59 Å². The molecule has 1 heterocycles. The molecule has 0 fully saturated rings. The third kappa shape index (κ3) is 4.75. The van der Waals surface area contributed by atoms with Gasteiger partial charge in [0.05, 0.1) is 12.2 Å². The number of nitrogens with zero attached hydrogens (tertiary/aromatic N) is 1. The molecule has 2 amide bonds. The van der Waals surface area contributed by atoms with Crippen molar-refractivity contribution in [3.05, 3.63) is 82.9 Å². The molecule has 0 atom stereocenters. The van der Waals surface area contributed by atoms with Gasteiger partial charge in [-0.25, -0.2) is 0 Å². The summed E-state index contributed by atoms with van der Waals surface area (Å²) in [6.45, 7) is 6.72. The maximum absolute atomic E-state index is 12.6. The number of aryl methyl sites for hydroxylation is 3. The van der Waals surface area contributed by atoms with Crippen LogP contribution in [0.25, 0.3) is 0 Å². The van der Waals surface area contributed by atoms with Crippen LogP contribution in [0.1, 0.15) is 27.0 Å². The van der Waals surface area contributed by atoms with Crippen LogP contribution in [-0.2, 0) is 4.79 Å². The van der Waals surface area contributed by atoms with E-state index in [1.54, 1.807) is 29.2 Å². The van der Waals surface area contributed by atoms with Crippen LogP contribution in [0, 0.1) is 20.8 Å². The lowest BCUT2D eigenvalue weighted by Gasteiger charge is -2.29. The fourth-order valence-electron chi connectivity index (χ4n) is 3.50. The highest BCUT2D eigenvalue weighted by Gasteiger charge is 2.26. The predicted molar refractivity (Wildman–Crippen MR) is 125 cm³/mol. The number of ether oxygens (including phenoxy) is 2. The van der Waals surface area contributed by atoms with Gasteiger partial charge in [0, 0.05) is 17.3 Å². The van der Waals surface area contributed by atoms with Crippen molar-refractivity contribution in [2.45, 2.75) is 20.8 Å². The van der Waals surface area contributed by atoms with Gasteiger partial charge in [-0.1, -0.05) is 23.8 Å². The van der Waals surface area contributed by atoms with E-state index >= 15 is 0 Å². The highest BCUT2D eigenvalue weighted by molar-refractivity contribution is 6.05. The number of hydrogen-bond donors (Lipinski definition) is 1. The molecule has 3 aromatic carbocycles. The number of rotatable bonds is 6. The fourth-order valence-corrected chi connectivity index (χ4v) is 3.50. The topological polar surface area (TPSA) is 67.9 Å². The number of carbonyl (C=O) groups is 2. The molecule has 1 aliphatic rings. The molecule has 0 aromatic heterocycles. The molecular formula is C26H26N2O4. The van der Waals surface area contributed by atoms with Crippen molar-refractivity contribution < 1.29 is 19.1 Å². The van der Waals surface area contributed by atoms with Gasteiger partial charge < -0.3 is 19.7 Å². The van der Waals surface area contributed by atoms with Gasteiger partial charge in [0.25, 0.3) is 11.8 Å². The van der Waals surface area contributed by atoms with Crippen LogP contribution in [0.5, 0.6) is 11.5 Å². The van der Waals surface area contributed by atoms with Crippen molar-refractivity contribution in [3.8, 4) is 11.5 Å². The molecular weight excluding hydrogens is 404 g/mol. The summed E-state index contributed by atoms with van der Waals surface area (Å²) in [6.07, 6.45) is 0. The Labute approximate surface area is 187 Å². The quantitative estimate of drug-likeness (QED) is 0.617. The zero-order chi connectivity index (χ0) is 22.7. The number of nitrogens with one attached hydrogen (secondary N) is 1. The SMILES string of the molecule is Cc1ccc(OCCN2C(=O)COc3cc(NC(=O)c4ccc(C)c(C)c4)ccc32)cc1. The second-order valence-corrected chi connectivity index (χ2v) is 7.93. The maximum Gasteiger partial charge on any atom is 0.265 e. The van der Waals surface area contributed by atoms with Crippen LogP contribution in [0.15, 0.2) is 60.7 Å². The zero-order valence-electron chi connectivity index (χ0n) is 18.5. The van der Waals surface area contributed by atoms with Crippen LogP contribution < -0.4 is 19.7 Å². The van der Waals surface area contributed by atoms with E-state index in [1.807, 2.05) is 57.2 Å². The average Bonchev–Trinajstić information content (AvgIpc) is 2.78. The molecule has 1 N–H and O–H groups in total. The first-order valence-electron chi connectivity index (χ1n) is 10.6. The molecule has 6 heteroatoms. The lowest BCUT2D eigenvalue weighted by atomic mass is 10.1. The average molecular weight is 431 g/mol. The van der Waals surface area contributed by atoms with Gasteiger partial charge in [-0.2, -0.15) is 0 Å². The summed E-state index contributed by atoms with van der Waals surface area (Å²) in [5.74, 6) is 0.999. The number of benzene rings is 3. The van der Waals surface area contributed by atoms with Crippen molar-refractivity contribution in [2.24, 2.45) is 0 Å². The van der Waals surface area contributed by atoms with Crippen LogP contribution in [-0.4, -0.2) is 31.6 Å². The van der Waals surface area contributed by atoms with Crippen LogP contribution >= 0.6 is 0 Å². The van der Waals surface area contributed by atoms with Gasteiger partial charge >= 0.3 is 0 Å². The molecule has 3 aromatic rings. The molecule has 0 saturated heterocycles. The molecule has 1 aliphatic heterocycles. The highest BCUT2D eigenvalue weighted by Crippen LogP contribution is 2.34. The van der Waals surface area contributed by atoms with Crippen molar-refractivity contribution in [1.82, 2.24) is 0 Å². The first-order valence-corrected chi connectivity index (χ1v) is 10.6. The molecule has 0 aliphatic carbocycles. The summed E-state index contributed by atoms with van der Waals surface area (Å²) in [6, 6.07) is 18.7. The van der Waals surface area contributed by atoms with Crippen molar-refractivity contribution in [3.63, 3.8) is 0 Å². The minimum absolute atomic E-state index is 0.0495. The van der Waals surface area contributed by atoms with E-state index < -0.39 is 0 Å². The van der Waals surface area contributed by atoms with Crippen molar-refractivity contribution in [2.75, 3.05) is 30.0 Å². The van der Waals surface area contributed by atoms with Gasteiger partial charge in [0.15, 0.2) is 6.61 Å². The lowest BCUT2D eigenvalue weighted by Crippen LogP contribution is -2.41. The molecule has 6 nitrogen and oxygen atoms in total.